The third-order valence-electron chi connectivity index (χ3n) is 2.18. The molecular formula is C11H13F3N2O3. The average Bonchev–Trinajstić information content (AvgIpc) is 2.31. The van der Waals surface area contributed by atoms with Gasteiger partial charge in [-0.2, -0.15) is 0 Å². The summed E-state index contributed by atoms with van der Waals surface area (Å²) < 4.78 is 41.5. The van der Waals surface area contributed by atoms with Gasteiger partial charge in [-0.05, 0) is 12.1 Å². The Morgan fingerprint density at radius 2 is 2.16 bits per heavy atom. The second-order valence-electron chi connectivity index (χ2n) is 3.62. The Kier molecular flexibility index (Phi) is 5.43. The summed E-state index contributed by atoms with van der Waals surface area (Å²) in [7, 11) is 0. The van der Waals surface area contributed by atoms with E-state index >= 15 is 0 Å². The van der Waals surface area contributed by atoms with E-state index in [1.807, 2.05) is 0 Å². The van der Waals surface area contributed by atoms with E-state index in [9.17, 15) is 18.0 Å². The summed E-state index contributed by atoms with van der Waals surface area (Å²) in [4.78, 5) is 10.6. The van der Waals surface area contributed by atoms with Crippen molar-refractivity contribution in [1.29, 1.82) is 0 Å². The SMILES string of the molecule is Nc1cc(C(=O)O)c(F)cc1NCCOCC(F)F. The first-order valence-corrected chi connectivity index (χ1v) is 5.34. The fraction of sp³-hybridized carbons (Fsp3) is 0.364. The quantitative estimate of drug-likeness (QED) is 0.523. The van der Waals surface area contributed by atoms with Crippen LogP contribution in [0, 0.1) is 5.82 Å². The molecular weight excluding hydrogens is 265 g/mol. The number of halogens is 3. The molecule has 1 rings (SSSR count). The third-order valence-corrected chi connectivity index (χ3v) is 2.18. The van der Waals surface area contributed by atoms with Crippen molar-refractivity contribution in [1.82, 2.24) is 0 Å². The Labute approximate surface area is 107 Å². The van der Waals surface area contributed by atoms with Crippen molar-refractivity contribution in [2.24, 2.45) is 0 Å². The zero-order valence-corrected chi connectivity index (χ0v) is 9.83. The minimum atomic E-state index is -2.54. The molecule has 0 aliphatic carbocycles. The molecule has 8 heteroatoms. The van der Waals surface area contributed by atoms with E-state index in [-0.39, 0.29) is 24.5 Å². The Morgan fingerprint density at radius 3 is 2.74 bits per heavy atom. The molecule has 0 radical (unpaired) electrons. The minimum absolute atomic E-state index is 0.00786. The van der Waals surface area contributed by atoms with Crippen LogP contribution in [0.3, 0.4) is 0 Å². The Morgan fingerprint density at radius 1 is 1.47 bits per heavy atom. The van der Waals surface area contributed by atoms with Crippen LogP contribution in [-0.4, -0.2) is 37.3 Å². The topological polar surface area (TPSA) is 84.6 Å². The number of nitrogen functional groups attached to an aromatic ring is 1. The highest BCUT2D eigenvalue weighted by Crippen LogP contribution is 2.22. The molecule has 0 saturated carbocycles. The van der Waals surface area contributed by atoms with Gasteiger partial charge in [0.1, 0.15) is 12.4 Å². The zero-order chi connectivity index (χ0) is 14.4. The number of anilines is 2. The first-order valence-electron chi connectivity index (χ1n) is 5.34. The van der Waals surface area contributed by atoms with Gasteiger partial charge < -0.3 is 20.9 Å². The van der Waals surface area contributed by atoms with Crippen LogP contribution in [0.15, 0.2) is 12.1 Å². The molecule has 0 fully saturated rings. The lowest BCUT2D eigenvalue weighted by Crippen LogP contribution is -2.14. The summed E-state index contributed by atoms with van der Waals surface area (Å²) in [5.41, 5.74) is 5.24. The molecule has 0 aromatic heterocycles. The predicted octanol–water partition coefficient (Wildman–Crippen LogP) is 1.80. The molecule has 0 spiro atoms. The molecule has 0 saturated heterocycles. The molecule has 106 valence electrons. The lowest BCUT2D eigenvalue weighted by Gasteiger charge is -2.11. The number of carboxylic acids is 1. The summed E-state index contributed by atoms with van der Waals surface area (Å²) in [6.45, 7) is -0.543. The number of carboxylic acid groups (broad SMARTS) is 1. The Hall–Kier alpha value is -1.96. The highest BCUT2D eigenvalue weighted by atomic mass is 19.3. The van der Waals surface area contributed by atoms with Gasteiger partial charge in [-0.15, -0.1) is 0 Å². The van der Waals surface area contributed by atoms with Gasteiger partial charge >= 0.3 is 5.97 Å². The molecule has 4 N–H and O–H groups in total. The van der Waals surface area contributed by atoms with E-state index in [0.717, 1.165) is 12.1 Å². The second kappa shape index (κ2) is 6.83. The molecule has 0 unspecified atom stereocenters. The number of aromatic carboxylic acids is 1. The van der Waals surface area contributed by atoms with Crippen LogP contribution < -0.4 is 11.1 Å². The molecule has 1 aromatic rings. The maximum Gasteiger partial charge on any atom is 0.338 e. The van der Waals surface area contributed by atoms with Gasteiger partial charge in [-0.25, -0.2) is 18.0 Å². The fourth-order valence-corrected chi connectivity index (χ4v) is 1.34. The van der Waals surface area contributed by atoms with Gasteiger partial charge in [0.15, 0.2) is 0 Å². The molecule has 19 heavy (non-hydrogen) atoms. The lowest BCUT2D eigenvalue weighted by molar-refractivity contribution is 0.0215. The average molecular weight is 278 g/mol. The summed E-state index contributed by atoms with van der Waals surface area (Å²) in [6.07, 6.45) is -2.54. The Balaban J connectivity index is 2.55. The van der Waals surface area contributed by atoms with Crippen LogP contribution in [0.1, 0.15) is 10.4 Å². The molecule has 0 amide bonds. The predicted molar refractivity (Wildman–Crippen MR) is 63.1 cm³/mol. The van der Waals surface area contributed by atoms with Crippen molar-refractivity contribution >= 4 is 17.3 Å². The number of hydrogen-bond donors (Lipinski definition) is 3. The molecule has 0 bridgehead atoms. The number of carbonyl (C=O) groups is 1. The fourth-order valence-electron chi connectivity index (χ4n) is 1.34. The van der Waals surface area contributed by atoms with Crippen molar-refractivity contribution < 1.29 is 27.8 Å². The van der Waals surface area contributed by atoms with Crippen molar-refractivity contribution in [2.75, 3.05) is 30.8 Å². The van der Waals surface area contributed by atoms with Gasteiger partial charge in [-0.3, -0.25) is 0 Å². The van der Waals surface area contributed by atoms with Gasteiger partial charge in [0.25, 0.3) is 6.43 Å². The van der Waals surface area contributed by atoms with Crippen LogP contribution >= 0.6 is 0 Å². The zero-order valence-electron chi connectivity index (χ0n) is 9.83. The van der Waals surface area contributed by atoms with E-state index in [0.29, 0.717) is 0 Å². The Bertz CT molecular complexity index is 455. The highest BCUT2D eigenvalue weighted by molar-refractivity contribution is 5.90. The number of nitrogens with one attached hydrogen (secondary N) is 1. The molecule has 5 nitrogen and oxygen atoms in total. The number of hydrogen-bond acceptors (Lipinski definition) is 4. The summed E-state index contributed by atoms with van der Waals surface area (Å²) in [5.74, 6) is -2.35. The van der Waals surface area contributed by atoms with E-state index in [1.54, 1.807) is 0 Å². The monoisotopic (exact) mass is 278 g/mol. The van der Waals surface area contributed by atoms with Gasteiger partial charge in [0.2, 0.25) is 0 Å². The maximum absolute atomic E-state index is 13.4. The number of alkyl halides is 2. The van der Waals surface area contributed by atoms with Crippen LogP contribution in [0.25, 0.3) is 0 Å². The lowest BCUT2D eigenvalue weighted by atomic mass is 10.1. The van der Waals surface area contributed by atoms with Crippen LogP contribution in [0.4, 0.5) is 24.5 Å². The second-order valence-corrected chi connectivity index (χ2v) is 3.62. The summed E-state index contributed by atoms with van der Waals surface area (Å²) in [5, 5.41) is 11.3. The molecule has 1 aromatic carbocycles. The van der Waals surface area contributed by atoms with Crippen LogP contribution in [-0.2, 0) is 4.74 Å². The van der Waals surface area contributed by atoms with Crippen molar-refractivity contribution in [3.63, 3.8) is 0 Å². The highest BCUT2D eigenvalue weighted by Gasteiger charge is 2.13. The third kappa shape index (κ3) is 4.66. The van der Waals surface area contributed by atoms with E-state index < -0.39 is 30.4 Å². The normalized spacial score (nSPS) is 10.7. The van der Waals surface area contributed by atoms with Crippen molar-refractivity contribution in [3.8, 4) is 0 Å². The molecule has 0 atom stereocenters. The standard InChI is InChI=1S/C11H13F3N2O3/c12-7-4-9(8(15)3-6(7)11(17)18)16-1-2-19-5-10(13)14/h3-4,10,16H,1-2,5,15H2,(H,17,18). The van der Waals surface area contributed by atoms with Crippen LogP contribution in [0.2, 0.25) is 0 Å². The summed E-state index contributed by atoms with van der Waals surface area (Å²) >= 11 is 0. The summed E-state index contributed by atoms with van der Waals surface area (Å²) in [6, 6.07) is 1.92. The van der Waals surface area contributed by atoms with E-state index in [1.165, 1.54) is 0 Å². The van der Waals surface area contributed by atoms with E-state index in [4.69, 9.17) is 10.8 Å². The van der Waals surface area contributed by atoms with Gasteiger partial charge in [-0.1, -0.05) is 0 Å². The molecule has 0 aliphatic heterocycles. The number of rotatable bonds is 7. The largest absolute Gasteiger partial charge is 0.478 e. The number of ether oxygens (including phenoxy) is 1. The maximum atomic E-state index is 13.4. The molecule has 0 aliphatic rings. The molecule has 0 heterocycles. The minimum Gasteiger partial charge on any atom is -0.478 e. The first-order chi connectivity index (χ1) is 8.91. The number of benzene rings is 1. The van der Waals surface area contributed by atoms with Crippen molar-refractivity contribution in [2.45, 2.75) is 6.43 Å². The van der Waals surface area contributed by atoms with E-state index in [2.05, 4.69) is 10.1 Å². The first kappa shape index (κ1) is 15.1. The van der Waals surface area contributed by atoms with Gasteiger partial charge in [0.05, 0.1) is 23.5 Å². The van der Waals surface area contributed by atoms with Crippen molar-refractivity contribution in [3.05, 3.63) is 23.5 Å². The van der Waals surface area contributed by atoms with Crippen LogP contribution in [0.5, 0.6) is 0 Å². The smallest absolute Gasteiger partial charge is 0.338 e. The van der Waals surface area contributed by atoms with Gasteiger partial charge in [0, 0.05) is 6.54 Å². The number of nitrogens with two attached hydrogens (primary N) is 1.